The predicted octanol–water partition coefficient (Wildman–Crippen LogP) is 2.80. The number of hydrogen-bond acceptors (Lipinski definition) is 3. The third-order valence-electron chi connectivity index (χ3n) is 3.61. The lowest BCUT2D eigenvalue weighted by molar-refractivity contribution is -0.121. The molecule has 0 bridgehead atoms. The van der Waals surface area contributed by atoms with Crippen molar-refractivity contribution in [2.75, 3.05) is 13.7 Å². The number of para-hydroxylation sites is 1. The van der Waals surface area contributed by atoms with E-state index in [1.807, 2.05) is 49.4 Å². The number of benzene rings is 2. The molecule has 0 saturated heterocycles. The van der Waals surface area contributed by atoms with E-state index < -0.39 is 0 Å². The van der Waals surface area contributed by atoms with Gasteiger partial charge >= 0.3 is 0 Å². The zero-order valence-electron chi connectivity index (χ0n) is 13.8. The van der Waals surface area contributed by atoms with Gasteiger partial charge in [0.1, 0.15) is 5.75 Å². The maximum Gasteiger partial charge on any atom is 0.221 e. The van der Waals surface area contributed by atoms with Crippen LogP contribution in [0.4, 0.5) is 0 Å². The smallest absolute Gasteiger partial charge is 0.221 e. The summed E-state index contributed by atoms with van der Waals surface area (Å²) in [6.07, 6.45) is 0.459. The van der Waals surface area contributed by atoms with Crippen molar-refractivity contribution in [3.63, 3.8) is 0 Å². The molecule has 1 amide bonds. The molecule has 2 aromatic rings. The molecule has 0 unspecified atom stereocenters. The molecule has 2 N–H and O–H groups in total. The Labute approximate surface area is 137 Å². The number of methoxy groups -OCH3 is 1. The molecule has 0 aliphatic rings. The normalized spacial score (nSPS) is 10.3. The molecule has 0 saturated carbocycles. The molecule has 0 aliphatic carbocycles. The Morgan fingerprint density at radius 2 is 1.91 bits per heavy atom. The predicted molar refractivity (Wildman–Crippen MR) is 92.3 cm³/mol. The SMILES string of the molecule is COc1ccccc1CNCCC(=O)NCc1cccc(C)c1. The summed E-state index contributed by atoms with van der Waals surface area (Å²) in [7, 11) is 1.66. The van der Waals surface area contributed by atoms with E-state index in [1.54, 1.807) is 7.11 Å². The summed E-state index contributed by atoms with van der Waals surface area (Å²) >= 11 is 0. The molecule has 4 heteroatoms. The number of carbonyl (C=O) groups excluding carboxylic acids is 1. The lowest BCUT2D eigenvalue weighted by Crippen LogP contribution is -2.27. The van der Waals surface area contributed by atoms with Crippen molar-refractivity contribution in [2.45, 2.75) is 26.4 Å². The summed E-state index contributed by atoms with van der Waals surface area (Å²) in [5, 5.41) is 6.22. The van der Waals surface area contributed by atoms with Gasteiger partial charge in [0.25, 0.3) is 0 Å². The van der Waals surface area contributed by atoms with Crippen LogP contribution in [0.1, 0.15) is 23.1 Å². The van der Waals surface area contributed by atoms with Crippen LogP contribution in [0.15, 0.2) is 48.5 Å². The van der Waals surface area contributed by atoms with E-state index in [-0.39, 0.29) is 5.91 Å². The van der Waals surface area contributed by atoms with Crippen LogP contribution in [-0.4, -0.2) is 19.6 Å². The summed E-state index contributed by atoms with van der Waals surface area (Å²) in [4.78, 5) is 11.9. The van der Waals surface area contributed by atoms with Gasteiger partial charge in [0, 0.05) is 31.6 Å². The second-order valence-electron chi connectivity index (χ2n) is 5.50. The Hall–Kier alpha value is -2.33. The van der Waals surface area contributed by atoms with E-state index in [2.05, 4.69) is 16.7 Å². The van der Waals surface area contributed by atoms with Gasteiger partial charge in [-0.15, -0.1) is 0 Å². The molecule has 0 aliphatic heterocycles. The summed E-state index contributed by atoms with van der Waals surface area (Å²) in [6, 6.07) is 16.0. The molecule has 4 nitrogen and oxygen atoms in total. The molecule has 23 heavy (non-hydrogen) atoms. The van der Waals surface area contributed by atoms with E-state index >= 15 is 0 Å². The zero-order valence-corrected chi connectivity index (χ0v) is 13.8. The molecule has 0 radical (unpaired) electrons. The Balaban J connectivity index is 1.67. The monoisotopic (exact) mass is 312 g/mol. The van der Waals surface area contributed by atoms with Gasteiger partial charge in [0.15, 0.2) is 0 Å². The average Bonchev–Trinajstić information content (AvgIpc) is 2.57. The quantitative estimate of drug-likeness (QED) is 0.737. The van der Waals surface area contributed by atoms with Crippen molar-refractivity contribution in [3.05, 3.63) is 65.2 Å². The van der Waals surface area contributed by atoms with Crippen molar-refractivity contribution in [2.24, 2.45) is 0 Å². The summed E-state index contributed by atoms with van der Waals surface area (Å²) < 4.78 is 5.30. The van der Waals surface area contributed by atoms with Crippen LogP contribution in [0.5, 0.6) is 5.75 Å². The summed E-state index contributed by atoms with van der Waals surface area (Å²) in [5.74, 6) is 0.919. The Morgan fingerprint density at radius 3 is 2.70 bits per heavy atom. The van der Waals surface area contributed by atoms with Gasteiger partial charge in [-0.05, 0) is 18.6 Å². The van der Waals surface area contributed by atoms with Crippen molar-refractivity contribution in [1.82, 2.24) is 10.6 Å². The van der Waals surface area contributed by atoms with Crippen LogP contribution >= 0.6 is 0 Å². The maximum absolute atomic E-state index is 11.9. The van der Waals surface area contributed by atoms with Crippen molar-refractivity contribution in [1.29, 1.82) is 0 Å². The molecule has 0 spiro atoms. The number of ether oxygens (including phenoxy) is 1. The van der Waals surface area contributed by atoms with Crippen LogP contribution in [0.2, 0.25) is 0 Å². The van der Waals surface area contributed by atoms with Crippen LogP contribution in [0.25, 0.3) is 0 Å². The first-order valence-corrected chi connectivity index (χ1v) is 7.84. The summed E-state index contributed by atoms with van der Waals surface area (Å²) in [6.45, 7) is 3.95. The Morgan fingerprint density at radius 1 is 1.09 bits per heavy atom. The van der Waals surface area contributed by atoms with Gasteiger partial charge in [0.05, 0.1) is 7.11 Å². The first-order chi connectivity index (χ1) is 11.2. The van der Waals surface area contributed by atoms with Crippen LogP contribution < -0.4 is 15.4 Å². The highest BCUT2D eigenvalue weighted by Gasteiger charge is 2.03. The van der Waals surface area contributed by atoms with Gasteiger partial charge in [-0.3, -0.25) is 4.79 Å². The van der Waals surface area contributed by atoms with Crippen molar-refractivity contribution in [3.8, 4) is 5.75 Å². The van der Waals surface area contributed by atoms with Gasteiger partial charge < -0.3 is 15.4 Å². The standard InChI is InChI=1S/C19H24N2O2/c1-15-6-5-7-16(12-15)13-21-19(22)10-11-20-14-17-8-3-4-9-18(17)23-2/h3-9,12,20H,10-11,13-14H2,1-2H3,(H,21,22). The highest BCUT2D eigenvalue weighted by molar-refractivity contribution is 5.76. The van der Waals surface area contributed by atoms with E-state index in [0.29, 0.717) is 26.1 Å². The van der Waals surface area contributed by atoms with E-state index in [9.17, 15) is 4.79 Å². The minimum absolute atomic E-state index is 0.0547. The fourth-order valence-corrected chi connectivity index (χ4v) is 2.39. The van der Waals surface area contributed by atoms with Gasteiger partial charge in [-0.1, -0.05) is 48.0 Å². The second-order valence-corrected chi connectivity index (χ2v) is 5.50. The topological polar surface area (TPSA) is 50.4 Å². The van der Waals surface area contributed by atoms with Crippen LogP contribution in [0, 0.1) is 6.92 Å². The number of amides is 1. The highest BCUT2D eigenvalue weighted by Crippen LogP contribution is 2.16. The minimum atomic E-state index is 0.0547. The van der Waals surface area contributed by atoms with Crippen molar-refractivity contribution >= 4 is 5.91 Å². The largest absolute Gasteiger partial charge is 0.496 e. The lowest BCUT2D eigenvalue weighted by Gasteiger charge is -2.10. The van der Waals surface area contributed by atoms with Gasteiger partial charge in [0.2, 0.25) is 5.91 Å². The molecule has 2 rings (SSSR count). The first-order valence-electron chi connectivity index (χ1n) is 7.84. The molecule has 0 fully saturated rings. The number of carbonyl (C=O) groups is 1. The number of hydrogen-bond donors (Lipinski definition) is 2. The molecule has 0 aromatic heterocycles. The molecular formula is C19H24N2O2. The number of rotatable bonds is 8. The molecule has 0 heterocycles. The molecule has 122 valence electrons. The lowest BCUT2D eigenvalue weighted by atomic mass is 10.1. The van der Waals surface area contributed by atoms with Crippen LogP contribution in [0.3, 0.4) is 0 Å². The average molecular weight is 312 g/mol. The van der Waals surface area contributed by atoms with Crippen LogP contribution in [-0.2, 0) is 17.9 Å². The Kier molecular flexibility index (Phi) is 6.63. The number of aryl methyl sites for hydroxylation is 1. The third-order valence-corrected chi connectivity index (χ3v) is 3.61. The molecule has 0 atom stereocenters. The first kappa shape index (κ1) is 17.0. The minimum Gasteiger partial charge on any atom is -0.496 e. The van der Waals surface area contributed by atoms with Gasteiger partial charge in [-0.2, -0.15) is 0 Å². The van der Waals surface area contributed by atoms with E-state index in [4.69, 9.17) is 4.74 Å². The number of nitrogens with one attached hydrogen (secondary N) is 2. The zero-order chi connectivity index (χ0) is 16.5. The summed E-state index contributed by atoms with van der Waals surface area (Å²) in [5.41, 5.74) is 3.42. The molecule has 2 aromatic carbocycles. The maximum atomic E-state index is 11.9. The van der Waals surface area contributed by atoms with E-state index in [1.165, 1.54) is 5.56 Å². The Bertz CT molecular complexity index is 641. The van der Waals surface area contributed by atoms with Gasteiger partial charge in [-0.25, -0.2) is 0 Å². The van der Waals surface area contributed by atoms with E-state index in [0.717, 1.165) is 16.9 Å². The fourth-order valence-electron chi connectivity index (χ4n) is 2.39. The fraction of sp³-hybridized carbons (Fsp3) is 0.316. The second kappa shape index (κ2) is 8.96. The van der Waals surface area contributed by atoms with Crippen molar-refractivity contribution < 1.29 is 9.53 Å². The third kappa shape index (κ3) is 5.75. The highest BCUT2D eigenvalue weighted by atomic mass is 16.5. The molecular weight excluding hydrogens is 288 g/mol.